The van der Waals surface area contributed by atoms with Crippen molar-refractivity contribution in [3.63, 3.8) is 0 Å². The first-order valence-electron chi connectivity index (χ1n) is 6.72. The van der Waals surface area contributed by atoms with Gasteiger partial charge in [0.2, 0.25) is 0 Å². The number of pyridine rings is 1. The van der Waals surface area contributed by atoms with Crippen LogP contribution in [-0.2, 0) is 4.74 Å². The fourth-order valence-corrected chi connectivity index (χ4v) is 2.27. The second-order valence-electron chi connectivity index (χ2n) is 5.30. The van der Waals surface area contributed by atoms with Gasteiger partial charge in [0.25, 0.3) is 5.92 Å². The average molecular weight is 299 g/mol. The van der Waals surface area contributed by atoms with Gasteiger partial charge in [-0.3, -0.25) is 4.98 Å². The van der Waals surface area contributed by atoms with Crippen LogP contribution in [0.2, 0.25) is 0 Å². The van der Waals surface area contributed by atoms with Crippen molar-refractivity contribution in [2.45, 2.75) is 31.9 Å². The first-order chi connectivity index (χ1) is 9.83. The van der Waals surface area contributed by atoms with Crippen LogP contribution in [0.15, 0.2) is 18.5 Å². The summed E-state index contributed by atoms with van der Waals surface area (Å²) in [6, 6.07) is -0.257. The van der Waals surface area contributed by atoms with Crippen LogP contribution >= 0.6 is 0 Å². The molecule has 7 heteroatoms. The molecule has 1 fully saturated rings. The van der Waals surface area contributed by atoms with Crippen LogP contribution in [0.3, 0.4) is 0 Å². The van der Waals surface area contributed by atoms with Gasteiger partial charge in [-0.2, -0.15) is 0 Å². The van der Waals surface area contributed by atoms with E-state index in [4.69, 9.17) is 4.74 Å². The molecular formula is C14H19F2N3O2. The zero-order valence-electron chi connectivity index (χ0n) is 12.3. The van der Waals surface area contributed by atoms with E-state index in [1.165, 1.54) is 4.90 Å². The Hall–Kier alpha value is -1.76. The number of aryl methyl sites for hydroxylation is 1. The normalized spacial score (nSPS) is 21.9. The van der Waals surface area contributed by atoms with Crippen molar-refractivity contribution in [2.24, 2.45) is 0 Å². The van der Waals surface area contributed by atoms with Gasteiger partial charge in [0.1, 0.15) is 12.6 Å². The number of carbonyl (C=O) groups excluding carboxylic acids is 1. The molecule has 2 atom stereocenters. The highest BCUT2D eigenvalue weighted by molar-refractivity contribution is 5.75. The summed E-state index contributed by atoms with van der Waals surface area (Å²) in [6.45, 7) is 2.91. The molecule has 0 spiro atoms. The van der Waals surface area contributed by atoms with Gasteiger partial charge in [-0.15, -0.1) is 0 Å². The Morgan fingerprint density at radius 3 is 2.90 bits per heavy atom. The lowest BCUT2D eigenvalue weighted by molar-refractivity contribution is -0.0223. The molecule has 0 aliphatic carbocycles. The van der Waals surface area contributed by atoms with E-state index >= 15 is 0 Å². The summed E-state index contributed by atoms with van der Waals surface area (Å²) in [5.74, 6) is -3.02. The highest BCUT2D eigenvalue weighted by Crippen LogP contribution is 2.26. The molecule has 1 N–H and O–H groups in total. The third kappa shape index (κ3) is 3.29. The summed E-state index contributed by atoms with van der Waals surface area (Å²) in [7, 11) is 1.58. The third-order valence-electron chi connectivity index (χ3n) is 3.80. The maximum atomic E-state index is 13.5. The van der Waals surface area contributed by atoms with Crippen LogP contribution in [0.25, 0.3) is 0 Å². The molecule has 2 rings (SSSR count). The summed E-state index contributed by atoms with van der Waals surface area (Å²) in [5.41, 5.74) is 1.87. The Balaban J connectivity index is 2.04. The summed E-state index contributed by atoms with van der Waals surface area (Å²) >= 11 is 0. The van der Waals surface area contributed by atoms with Gasteiger partial charge < -0.3 is 15.0 Å². The Bertz CT molecular complexity index is 525. The Morgan fingerprint density at radius 2 is 2.33 bits per heavy atom. The highest BCUT2D eigenvalue weighted by Gasteiger charge is 2.46. The summed E-state index contributed by atoms with van der Waals surface area (Å²) in [4.78, 5) is 17.5. The molecular weight excluding hydrogens is 280 g/mol. The summed E-state index contributed by atoms with van der Waals surface area (Å²) in [6.07, 6.45) is 3.35. The van der Waals surface area contributed by atoms with Gasteiger partial charge in [-0.05, 0) is 31.0 Å². The number of nitrogens with zero attached hydrogens (tertiary/aromatic N) is 2. The highest BCUT2D eigenvalue weighted by atomic mass is 19.3. The number of nitrogens with one attached hydrogen (secondary N) is 1. The lowest BCUT2D eigenvalue weighted by Crippen LogP contribution is -2.51. The number of rotatable bonds is 3. The van der Waals surface area contributed by atoms with Crippen molar-refractivity contribution in [3.8, 4) is 0 Å². The molecule has 0 radical (unpaired) electrons. The predicted molar refractivity (Wildman–Crippen MR) is 73.2 cm³/mol. The largest absolute Gasteiger partial charge is 0.373 e. The van der Waals surface area contributed by atoms with E-state index in [1.807, 2.05) is 19.9 Å². The molecule has 116 valence electrons. The monoisotopic (exact) mass is 299 g/mol. The van der Waals surface area contributed by atoms with Crippen LogP contribution in [0.5, 0.6) is 0 Å². The lowest BCUT2D eigenvalue weighted by Gasteiger charge is -2.28. The molecule has 5 nitrogen and oxygen atoms in total. The van der Waals surface area contributed by atoms with Gasteiger partial charge >= 0.3 is 6.03 Å². The molecule has 21 heavy (non-hydrogen) atoms. The quantitative estimate of drug-likeness (QED) is 0.930. The third-order valence-corrected chi connectivity index (χ3v) is 3.80. The van der Waals surface area contributed by atoms with Gasteiger partial charge in [0, 0.05) is 19.4 Å². The SMILES string of the molecule is Cc1cnccc1[C@H](C)N(C)C(=O)N[C@@H]1COCC1(F)F. The second-order valence-corrected chi connectivity index (χ2v) is 5.30. The Morgan fingerprint density at radius 1 is 1.62 bits per heavy atom. The molecule has 1 aliphatic heterocycles. The molecule has 0 bridgehead atoms. The average Bonchev–Trinajstić information content (AvgIpc) is 2.77. The van der Waals surface area contributed by atoms with E-state index in [0.29, 0.717) is 0 Å². The van der Waals surface area contributed by atoms with Gasteiger partial charge in [-0.1, -0.05) is 0 Å². The van der Waals surface area contributed by atoms with Crippen molar-refractivity contribution < 1.29 is 18.3 Å². The van der Waals surface area contributed by atoms with Gasteiger partial charge in [0.15, 0.2) is 0 Å². The van der Waals surface area contributed by atoms with Crippen molar-refractivity contribution in [2.75, 3.05) is 20.3 Å². The van der Waals surface area contributed by atoms with E-state index in [0.717, 1.165) is 11.1 Å². The number of hydrogen-bond acceptors (Lipinski definition) is 3. The van der Waals surface area contributed by atoms with Crippen molar-refractivity contribution in [1.82, 2.24) is 15.2 Å². The molecule has 1 aromatic rings. The number of amides is 2. The molecule has 0 unspecified atom stereocenters. The standard InChI is InChI=1S/C14H19F2N3O2/c1-9-6-17-5-4-11(9)10(2)19(3)13(20)18-12-7-21-8-14(12,15)16/h4-6,10,12H,7-8H2,1-3H3,(H,18,20)/t10-,12+/m0/s1. The van der Waals surface area contributed by atoms with E-state index in [9.17, 15) is 13.6 Å². The van der Waals surface area contributed by atoms with Crippen molar-refractivity contribution in [1.29, 1.82) is 0 Å². The Kier molecular flexibility index (Phi) is 4.41. The zero-order chi connectivity index (χ0) is 15.6. The van der Waals surface area contributed by atoms with Crippen LogP contribution in [0.1, 0.15) is 24.1 Å². The van der Waals surface area contributed by atoms with Crippen LogP contribution in [-0.4, -0.2) is 48.1 Å². The zero-order valence-corrected chi connectivity index (χ0v) is 12.3. The summed E-state index contributed by atoms with van der Waals surface area (Å²) < 4.78 is 31.6. The first-order valence-corrected chi connectivity index (χ1v) is 6.72. The van der Waals surface area contributed by atoms with E-state index in [2.05, 4.69) is 10.3 Å². The molecule has 0 saturated carbocycles. The number of halogens is 2. The smallest absolute Gasteiger partial charge is 0.318 e. The predicted octanol–water partition coefficient (Wildman–Crippen LogP) is 2.13. The number of aromatic nitrogens is 1. The maximum absolute atomic E-state index is 13.5. The van der Waals surface area contributed by atoms with Crippen molar-refractivity contribution in [3.05, 3.63) is 29.6 Å². The van der Waals surface area contributed by atoms with E-state index in [1.54, 1.807) is 19.4 Å². The van der Waals surface area contributed by atoms with Crippen LogP contribution in [0, 0.1) is 6.92 Å². The lowest BCUT2D eigenvalue weighted by atomic mass is 10.0. The maximum Gasteiger partial charge on any atom is 0.318 e. The first kappa shape index (κ1) is 15.6. The number of ether oxygens (including phenoxy) is 1. The molecule has 1 aromatic heterocycles. The van der Waals surface area contributed by atoms with Crippen LogP contribution in [0.4, 0.5) is 13.6 Å². The fourth-order valence-electron chi connectivity index (χ4n) is 2.27. The second kappa shape index (κ2) is 5.93. The number of urea groups is 1. The molecule has 0 aromatic carbocycles. The van der Waals surface area contributed by atoms with Crippen LogP contribution < -0.4 is 5.32 Å². The minimum atomic E-state index is -3.02. The van der Waals surface area contributed by atoms with E-state index in [-0.39, 0.29) is 12.6 Å². The summed E-state index contributed by atoms with van der Waals surface area (Å²) in [5, 5.41) is 2.34. The van der Waals surface area contributed by atoms with Gasteiger partial charge in [-0.25, -0.2) is 13.6 Å². The van der Waals surface area contributed by atoms with Gasteiger partial charge in [0.05, 0.1) is 12.6 Å². The minimum Gasteiger partial charge on any atom is -0.373 e. The van der Waals surface area contributed by atoms with Crippen molar-refractivity contribution >= 4 is 6.03 Å². The number of carbonyl (C=O) groups is 1. The number of alkyl halides is 2. The fraction of sp³-hybridized carbons (Fsp3) is 0.571. The molecule has 1 aliphatic rings. The molecule has 1 saturated heterocycles. The number of hydrogen-bond donors (Lipinski definition) is 1. The Labute approximate surface area is 122 Å². The minimum absolute atomic E-state index is 0.171. The van der Waals surface area contributed by atoms with E-state index < -0.39 is 24.6 Å². The topological polar surface area (TPSA) is 54.5 Å². The molecule has 2 heterocycles. The molecule has 2 amide bonds.